The number of aliphatic hydroxyl groups excluding tert-OH is 1. The lowest BCUT2D eigenvalue weighted by Crippen LogP contribution is -2.20. The van der Waals surface area contributed by atoms with E-state index in [0.29, 0.717) is 0 Å². The Bertz CT molecular complexity index is 791. The summed E-state index contributed by atoms with van der Waals surface area (Å²) in [5.74, 6) is 0. The van der Waals surface area contributed by atoms with Crippen LogP contribution >= 0.6 is 0 Å². The molecule has 2 unspecified atom stereocenters. The number of benzene rings is 3. The van der Waals surface area contributed by atoms with Gasteiger partial charge in [-0.3, -0.25) is 0 Å². The summed E-state index contributed by atoms with van der Waals surface area (Å²) in [7, 11) is 0. The molecule has 0 fully saturated rings. The summed E-state index contributed by atoms with van der Waals surface area (Å²) < 4.78 is 0. The van der Waals surface area contributed by atoms with E-state index in [1.165, 1.54) is 16.5 Å². The maximum Gasteiger partial charge on any atom is 0.0990 e. The minimum atomic E-state index is -0.542. The second kappa shape index (κ2) is 4.99. The minimum Gasteiger partial charge on any atom is -0.386 e. The van der Waals surface area contributed by atoms with Crippen LogP contribution in [0.3, 0.4) is 0 Å². The molecule has 4 rings (SSSR count). The maximum atomic E-state index is 10.9. The molecule has 3 aromatic carbocycles. The average Bonchev–Trinajstić information content (AvgIpc) is 2.98. The van der Waals surface area contributed by atoms with Crippen molar-refractivity contribution in [3.63, 3.8) is 0 Å². The molecule has 1 aliphatic rings. The molecule has 104 valence electrons. The Morgan fingerprint density at radius 1 is 0.905 bits per heavy atom. The molecule has 0 aromatic heterocycles. The van der Waals surface area contributed by atoms with Gasteiger partial charge < -0.3 is 10.4 Å². The summed E-state index contributed by atoms with van der Waals surface area (Å²) >= 11 is 0. The number of rotatable bonds is 2. The Hall–Kier alpha value is -2.16. The fourth-order valence-corrected chi connectivity index (χ4v) is 3.30. The SMILES string of the molecule is OC(c1cccc2ccccc12)C1NCc2ccccc21. The predicted molar refractivity (Wildman–Crippen MR) is 84.9 cm³/mol. The van der Waals surface area contributed by atoms with E-state index in [-0.39, 0.29) is 6.04 Å². The number of fused-ring (bicyclic) bond motifs is 2. The number of aliphatic hydroxyl groups is 1. The number of hydrogen-bond donors (Lipinski definition) is 2. The Labute approximate surface area is 124 Å². The van der Waals surface area contributed by atoms with Crippen LogP contribution in [0.4, 0.5) is 0 Å². The van der Waals surface area contributed by atoms with E-state index >= 15 is 0 Å². The highest BCUT2D eigenvalue weighted by atomic mass is 16.3. The van der Waals surface area contributed by atoms with Gasteiger partial charge in [0.05, 0.1) is 12.1 Å². The summed E-state index contributed by atoms with van der Waals surface area (Å²) in [5, 5.41) is 16.6. The van der Waals surface area contributed by atoms with Crippen molar-refractivity contribution in [1.29, 1.82) is 0 Å². The van der Waals surface area contributed by atoms with E-state index in [1.54, 1.807) is 0 Å². The summed E-state index contributed by atoms with van der Waals surface area (Å²) in [6.07, 6.45) is -0.542. The summed E-state index contributed by atoms with van der Waals surface area (Å²) in [6, 6.07) is 22.6. The van der Waals surface area contributed by atoms with Gasteiger partial charge in [-0.2, -0.15) is 0 Å². The molecule has 2 heteroatoms. The fourth-order valence-electron chi connectivity index (χ4n) is 3.30. The molecule has 2 nitrogen and oxygen atoms in total. The molecule has 2 atom stereocenters. The summed E-state index contributed by atoms with van der Waals surface area (Å²) in [4.78, 5) is 0. The second-order valence-corrected chi connectivity index (χ2v) is 5.57. The first-order valence-electron chi connectivity index (χ1n) is 7.31. The number of nitrogens with one attached hydrogen (secondary N) is 1. The molecule has 0 radical (unpaired) electrons. The van der Waals surface area contributed by atoms with Gasteiger partial charge in [-0.05, 0) is 27.5 Å². The van der Waals surface area contributed by atoms with Gasteiger partial charge >= 0.3 is 0 Å². The maximum absolute atomic E-state index is 10.9. The molecule has 0 spiro atoms. The zero-order chi connectivity index (χ0) is 14.2. The molecule has 0 saturated heterocycles. The van der Waals surface area contributed by atoms with Gasteiger partial charge in [-0.25, -0.2) is 0 Å². The molecule has 1 aliphatic heterocycles. The zero-order valence-electron chi connectivity index (χ0n) is 11.7. The van der Waals surface area contributed by atoms with Crippen molar-refractivity contribution in [2.75, 3.05) is 0 Å². The zero-order valence-corrected chi connectivity index (χ0v) is 11.7. The van der Waals surface area contributed by atoms with E-state index in [4.69, 9.17) is 0 Å². The van der Waals surface area contributed by atoms with Gasteiger partial charge in [0.1, 0.15) is 0 Å². The average molecular weight is 275 g/mol. The fraction of sp³-hybridized carbons (Fsp3) is 0.158. The molecule has 3 aromatic rings. The summed E-state index contributed by atoms with van der Waals surface area (Å²) in [6.45, 7) is 0.822. The van der Waals surface area contributed by atoms with Crippen LogP contribution in [-0.2, 0) is 6.54 Å². The van der Waals surface area contributed by atoms with E-state index in [9.17, 15) is 5.11 Å². The van der Waals surface area contributed by atoms with Crippen LogP contribution in [0.2, 0.25) is 0 Å². The van der Waals surface area contributed by atoms with E-state index in [0.717, 1.165) is 17.5 Å². The third-order valence-corrected chi connectivity index (χ3v) is 4.36. The van der Waals surface area contributed by atoms with Crippen LogP contribution in [-0.4, -0.2) is 5.11 Å². The van der Waals surface area contributed by atoms with Crippen molar-refractivity contribution in [1.82, 2.24) is 5.32 Å². The van der Waals surface area contributed by atoms with Crippen molar-refractivity contribution in [2.24, 2.45) is 0 Å². The predicted octanol–water partition coefficient (Wildman–Crippen LogP) is 3.72. The minimum absolute atomic E-state index is 0.0352. The van der Waals surface area contributed by atoms with Gasteiger partial charge in [0.25, 0.3) is 0 Å². The monoisotopic (exact) mass is 275 g/mol. The molecule has 0 aliphatic carbocycles. The Kier molecular flexibility index (Phi) is 2.99. The van der Waals surface area contributed by atoms with Crippen molar-refractivity contribution in [2.45, 2.75) is 18.7 Å². The van der Waals surface area contributed by atoms with Crippen LogP contribution < -0.4 is 5.32 Å². The summed E-state index contributed by atoms with van der Waals surface area (Å²) in [5.41, 5.74) is 3.47. The Morgan fingerprint density at radius 3 is 2.62 bits per heavy atom. The molecule has 1 heterocycles. The first kappa shape index (κ1) is 12.6. The Balaban J connectivity index is 1.80. The van der Waals surface area contributed by atoms with Crippen LogP contribution in [0.1, 0.15) is 28.8 Å². The smallest absolute Gasteiger partial charge is 0.0990 e. The lowest BCUT2D eigenvalue weighted by molar-refractivity contribution is 0.135. The molecule has 0 bridgehead atoms. The topological polar surface area (TPSA) is 32.3 Å². The van der Waals surface area contributed by atoms with Gasteiger partial charge in [0.2, 0.25) is 0 Å². The number of hydrogen-bond acceptors (Lipinski definition) is 2. The Morgan fingerprint density at radius 2 is 1.67 bits per heavy atom. The van der Waals surface area contributed by atoms with Crippen molar-refractivity contribution < 1.29 is 5.11 Å². The normalized spacial score (nSPS) is 18.6. The quantitative estimate of drug-likeness (QED) is 0.747. The van der Waals surface area contributed by atoms with Gasteiger partial charge in [0.15, 0.2) is 0 Å². The van der Waals surface area contributed by atoms with Crippen LogP contribution in [0.25, 0.3) is 10.8 Å². The first-order valence-corrected chi connectivity index (χ1v) is 7.31. The standard InChI is InChI=1S/C19H17NO/c21-19(18-16-10-4-2-7-14(16)12-20-18)17-11-5-8-13-6-1-3-9-15(13)17/h1-11,18-21H,12H2. The highest BCUT2D eigenvalue weighted by Crippen LogP contribution is 2.37. The van der Waals surface area contributed by atoms with Crippen LogP contribution in [0, 0.1) is 0 Å². The van der Waals surface area contributed by atoms with Crippen LogP contribution in [0.15, 0.2) is 66.7 Å². The van der Waals surface area contributed by atoms with E-state index in [2.05, 4.69) is 35.6 Å². The van der Waals surface area contributed by atoms with E-state index in [1.807, 2.05) is 36.4 Å². The van der Waals surface area contributed by atoms with Crippen molar-refractivity contribution >= 4 is 10.8 Å². The lowest BCUT2D eigenvalue weighted by atomic mass is 9.92. The van der Waals surface area contributed by atoms with Crippen LogP contribution in [0.5, 0.6) is 0 Å². The highest BCUT2D eigenvalue weighted by molar-refractivity contribution is 5.86. The third-order valence-electron chi connectivity index (χ3n) is 4.36. The molecule has 0 saturated carbocycles. The van der Waals surface area contributed by atoms with E-state index < -0.39 is 6.10 Å². The molecule has 0 amide bonds. The van der Waals surface area contributed by atoms with Gasteiger partial charge in [0, 0.05) is 6.54 Å². The third kappa shape index (κ3) is 2.04. The molecular weight excluding hydrogens is 258 g/mol. The largest absolute Gasteiger partial charge is 0.386 e. The van der Waals surface area contributed by atoms with Crippen molar-refractivity contribution in [3.8, 4) is 0 Å². The van der Waals surface area contributed by atoms with Crippen molar-refractivity contribution in [3.05, 3.63) is 83.4 Å². The first-order chi connectivity index (χ1) is 10.3. The lowest BCUT2D eigenvalue weighted by Gasteiger charge is -2.21. The van der Waals surface area contributed by atoms with Gasteiger partial charge in [-0.15, -0.1) is 0 Å². The molecule has 21 heavy (non-hydrogen) atoms. The van der Waals surface area contributed by atoms with Gasteiger partial charge in [-0.1, -0.05) is 66.7 Å². The second-order valence-electron chi connectivity index (χ2n) is 5.57. The highest BCUT2D eigenvalue weighted by Gasteiger charge is 2.29. The molecule has 2 N–H and O–H groups in total. The molecular formula is C19H17NO.